The maximum atomic E-state index is 12.5. The largest absolute Gasteiger partial charge is 0.416 e. The molecule has 2 fully saturated rings. The summed E-state index contributed by atoms with van der Waals surface area (Å²) < 4.78 is 37.6. The maximum Gasteiger partial charge on any atom is 0.416 e. The minimum Gasteiger partial charge on any atom is -0.279 e. The smallest absolute Gasteiger partial charge is 0.279 e. The highest BCUT2D eigenvalue weighted by Crippen LogP contribution is 2.41. The van der Waals surface area contributed by atoms with Gasteiger partial charge in [-0.25, -0.2) is 0 Å². The lowest BCUT2D eigenvalue weighted by atomic mass is 9.90. The number of fused-ring (bicyclic) bond motifs is 1. The summed E-state index contributed by atoms with van der Waals surface area (Å²) in [4.78, 5) is 24.7. The van der Waals surface area contributed by atoms with Crippen LogP contribution >= 0.6 is 0 Å². The van der Waals surface area contributed by atoms with Gasteiger partial charge in [0.15, 0.2) is 0 Å². The van der Waals surface area contributed by atoms with Crippen molar-refractivity contribution in [3.63, 3.8) is 0 Å². The summed E-state index contributed by atoms with van der Waals surface area (Å²) >= 11 is 0. The summed E-state index contributed by atoms with van der Waals surface area (Å²) in [6, 6.07) is 4.69. The van der Waals surface area contributed by atoms with Gasteiger partial charge in [0.25, 0.3) is 0 Å². The average Bonchev–Trinajstić information content (AvgIpc) is 2.91. The predicted molar refractivity (Wildman–Crippen MR) is 63.7 cm³/mol. The predicted octanol–water partition coefficient (Wildman–Crippen LogP) is 2.71. The van der Waals surface area contributed by atoms with Gasteiger partial charge >= 0.3 is 6.18 Å². The van der Waals surface area contributed by atoms with Crippen LogP contribution in [0.5, 0.6) is 0 Å². The molecule has 0 saturated carbocycles. The number of halogens is 3. The summed E-state index contributed by atoms with van der Waals surface area (Å²) in [6.07, 6.45) is -3.23. The van der Waals surface area contributed by atoms with Gasteiger partial charge < -0.3 is 0 Å². The van der Waals surface area contributed by atoms with Gasteiger partial charge in [0, 0.05) is 24.8 Å². The number of imide groups is 1. The van der Waals surface area contributed by atoms with Crippen molar-refractivity contribution in [3.05, 3.63) is 35.4 Å². The second-order valence-electron chi connectivity index (χ2n) is 5.19. The molecule has 2 saturated heterocycles. The number of carbonyl (C=O) groups is 2. The number of alkyl halides is 3. The molecule has 2 atom stereocenters. The molecule has 2 aliphatic heterocycles. The van der Waals surface area contributed by atoms with E-state index in [4.69, 9.17) is 0 Å². The van der Waals surface area contributed by atoms with Crippen molar-refractivity contribution in [3.8, 4) is 0 Å². The Morgan fingerprint density at radius 3 is 2.30 bits per heavy atom. The van der Waals surface area contributed by atoms with Gasteiger partial charge in [-0.05, 0) is 24.1 Å². The van der Waals surface area contributed by atoms with E-state index in [2.05, 4.69) is 0 Å². The molecule has 0 spiro atoms. The third-order valence-corrected chi connectivity index (χ3v) is 4.05. The molecule has 1 aromatic rings. The summed E-state index contributed by atoms with van der Waals surface area (Å²) in [5.41, 5.74) is -0.0153. The number of hydrogen-bond donors (Lipinski definition) is 0. The number of amides is 2. The first kappa shape index (κ1) is 13.1. The fraction of sp³-hybridized carbons (Fsp3) is 0.429. The second kappa shape index (κ2) is 4.33. The van der Waals surface area contributed by atoms with Crippen LogP contribution < -0.4 is 0 Å². The molecule has 6 heteroatoms. The third kappa shape index (κ3) is 1.99. The van der Waals surface area contributed by atoms with Crippen LogP contribution in [0.1, 0.15) is 36.3 Å². The van der Waals surface area contributed by atoms with Gasteiger partial charge in [-0.3, -0.25) is 14.5 Å². The van der Waals surface area contributed by atoms with Crippen molar-refractivity contribution in [2.24, 2.45) is 0 Å². The van der Waals surface area contributed by atoms with E-state index in [9.17, 15) is 22.8 Å². The van der Waals surface area contributed by atoms with Crippen molar-refractivity contribution in [2.75, 3.05) is 0 Å². The van der Waals surface area contributed by atoms with Crippen molar-refractivity contribution in [2.45, 2.75) is 37.4 Å². The van der Waals surface area contributed by atoms with Crippen LogP contribution in [0.2, 0.25) is 0 Å². The molecule has 3 rings (SSSR count). The Kier molecular flexibility index (Phi) is 2.84. The summed E-state index contributed by atoms with van der Waals surface area (Å²) in [6.45, 7) is 0. The Hall–Kier alpha value is -1.85. The number of nitrogens with zero attached hydrogens (tertiary/aromatic N) is 1. The quantitative estimate of drug-likeness (QED) is 0.743. The number of carbonyl (C=O) groups excluding carboxylic acids is 2. The first-order valence-electron chi connectivity index (χ1n) is 6.40. The number of hydrogen-bond acceptors (Lipinski definition) is 2. The van der Waals surface area contributed by atoms with Gasteiger partial charge in [-0.1, -0.05) is 12.1 Å². The molecule has 0 bridgehead atoms. The van der Waals surface area contributed by atoms with E-state index in [1.165, 1.54) is 17.0 Å². The van der Waals surface area contributed by atoms with Crippen LogP contribution in [0.4, 0.5) is 13.2 Å². The Labute approximate surface area is 113 Å². The van der Waals surface area contributed by atoms with E-state index >= 15 is 0 Å². The second-order valence-corrected chi connectivity index (χ2v) is 5.19. The molecule has 106 valence electrons. The van der Waals surface area contributed by atoms with Crippen molar-refractivity contribution < 1.29 is 22.8 Å². The lowest BCUT2D eigenvalue weighted by Gasteiger charge is -2.19. The van der Waals surface area contributed by atoms with E-state index in [0.29, 0.717) is 18.4 Å². The summed E-state index contributed by atoms with van der Waals surface area (Å²) in [5, 5.41) is 0. The Morgan fingerprint density at radius 2 is 1.70 bits per heavy atom. The zero-order valence-electron chi connectivity index (χ0n) is 10.5. The zero-order valence-corrected chi connectivity index (χ0v) is 10.5. The van der Waals surface area contributed by atoms with Gasteiger partial charge in [0.05, 0.1) is 5.56 Å². The minimum atomic E-state index is -4.36. The highest BCUT2D eigenvalue weighted by Gasteiger charge is 2.47. The molecule has 0 N–H and O–H groups in total. The van der Waals surface area contributed by atoms with Crippen molar-refractivity contribution in [1.29, 1.82) is 0 Å². The highest BCUT2D eigenvalue weighted by atomic mass is 19.4. The van der Waals surface area contributed by atoms with Crippen LogP contribution in [0.25, 0.3) is 0 Å². The molecule has 0 aliphatic carbocycles. The molecule has 0 aromatic heterocycles. The third-order valence-electron chi connectivity index (χ3n) is 4.05. The van der Waals surface area contributed by atoms with Crippen molar-refractivity contribution in [1.82, 2.24) is 4.90 Å². The van der Waals surface area contributed by atoms with Crippen LogP contribution in [0, 0.1) is 0 Å². The normalized spacial score (nSPS) is 26.2. The van der Waals surface area contributed by atoms with E-state index in [0.717, 1.165) is 12.1 Å². The Bertz CT molecular complexity index is 565. The van der Waals surface area contributed by atoms with Gasteiger partial charge in [0.1, 0.15) is 0 Å². The van der Waals surface area contributed by atoms with E-state index in [1.54, 1.807) is 0 Å². The fourth-order valence-corrected chi connectivity index (χ4v) is 3.09. The number of rotatable bonds is 1. The summed E-state index contributed by atoms with van der Waals surface area (Å²) in [5.74, 6) is -0.576. The highest BCUT2D eigenvalue weighted by molar-refractivity contribution is 5.99. The van der Waals surface area contributed by atoms with Crippen LogP contribution in [-0.4, -0.2) is 22.8 Å². The molecule has 3 nitrogen and oxygen atoms in total. The fourth-order valence-electron chi connectivity index (χ4n) is 3.09. The molecular formula is C14H12F3NO2. The average molecular weight is 283 g/mol. The van der Waals surface area contributed by atoms with Crippen LogP contribution in [0.15, 0.2) is 24.3 Å². The van der Waals surface area contributed by atoms with Gasteiger partial charge in [-0.2, -0.15) is 13.2 Å². The first-order chi connectivity index (χ1) is 9.38. The number of benzene rings is 1. The van der Waals surface area contributed by atoms with Gasteiger partial charge in [-0.15, -0.1) is 0 Å². The molecule has 0 unspecified atom stereocenters. The lowest BCUT2D eigenvalue weighted by Crippen LogP contribution is -2.32. The Morgan fingerprint density at radius 1 is 1.05 bits per heavy atom. The molecule has 20 heavy (non-hydrogen) atoms. The lowest BCUT2D eigenvalue weighted by molar-refractivity contribution is -0.140. The monoisotopic (exact) mass is 283 g/mol. The first-order valence-corrected chi connectivity index (χ1v) is 6.40. The van der Waals surface area contributed by atoms with E-state index in [1.807, 2.05) is 0 Å². The van der Waals surface area contributed by atoms with E-state index < -0.39 is 11.7 Å². The summed E-state index contributed by atoms with van der Waals surface area (Å²) in [7, 11) is 0. The van der Waals surface area contributed by atoms with Crippen molar-refractivity contribution >= 4 is 11.8 Å². The molecule has 0 radical (unpaired) electrons. The Balaban J connectivity index is 1.87. The van der Waals surface area contributed by atoms with E-state index in [-0.39, 0.29) is 30.2 Å². The zero-order chi connectivity index (χ0) is 14.5. The molecule has 2 aliphatic rings. The molecule has 2 heterocycles. The minimum absolute atomic E-state index is 0.172. The topological polar surface area (TPSA) is 37.4 Å². The van der Waals surface area contributed by atoms with Crippen LogP contribution in [-0.2, 0) is 15.8 Å². The molecule has 1 aromatic carbocycles. The molecular weight excluding hydrogens is 271 g/mol. The molecule has 2 amide bonds. The maximum absolute atomic E-state index is 12.5. The SMILES string of the molecule is O=C1CC[C@H]2[C@@H](c3ccc(C(F)(F)F)cc3)CC(=O)N12. The standard InChI is InChI=1S/C14H12F3NO2/c15-14(16,17)9-3-1-8(2-4-9)10-7-13(20)18-11(10)5-6-12(18)19/h1-4,10-11H,5-7H2/t10-,11+/m1/s1. The van der Waals surface area contributed by atoms with Gasteiger partial charge in [0.2, 0.25) is 11.8 Å². The van der Waals surface area contributed by atoms with Crippen LogP contribution in [0.3, 0.4) is 0 Å².